The molecule has 2 aliphatic rings. The molecule has 0 amide bonds. The van der Waals surface area contributed by atoms with E-state index in [-0.39, 0.29) is 11.9 Å². The summed E-state index contributed by atoms with van der Waals surface area (Å²) >= 11 is 11.9. The van der Waals surface area contributed by atoms with Gasteiger partial charge in [0, 0.05) is 6.07 Å². The van der Waals surface area contributed by atoms with Crippen LogP contribution in [0.25, 0.3) is 0 Å². The Labute approximate surface area is 161 Å². The van der Waals surface area contributed by atoms with E-state index >= 15 is 0 Å². The third-order valence-electron chi connectivity index (χ3n) is 6.35. The van der Waals surface area contributed by atoms with Crippen molar-refractivity contribution < 1.29 is 9.53 Å². The molecule has 0 heterocycles. The number of benzene rings is 1. The molecule has 2 fully saturated rings. The molecule has 0 saturated heterocycles. The molecule has 3 rings (SSSR count). The fraction of sp³-hybridized carbons (Fsp3) is 0.667. The highest BCUT2D eigenvalue weighted by Crippen LogP contribution is 2.42. The molecule has 0 N–H and O–H groups in total. The molecule has 0 unspecified atom stereocenters. The summed E-state index contributed by atoms with van der Waals surface area (Å²) in [6.07, 6.45) is 11.2. The second-order valence-electron chi connectivity index (χ2n) is 7.80. The Bertz CT molecular complexity index is 586. The van der Waals surface area contributed by atoms with E-state index < -0.39 is 0 Å². The Morgan fingerprint density at radius 2 is 1.56 bits per heavy atom. The lowest BCUT2D eigenvalue weighted by Gasteiger charge is -2.37. The predicted octanol–water partition coefficient (Wildman–Crippen LogP) is 6.92. The van der Waals surface area contributed by atoms with Gasteiger partial charge in [-0.1, -0.05) is 49.4 Å². The summed E-state index contributed by atoms with van der Waals surface area (Å²) in [6, 6.07) is 4.97. The Morgan fingerprint density at radius 3 is 2.12 bits per heavy atom. The van der Waals surface area contributed by atoms with Gasteiger partial charge >= 0.3 is 5.97 Å². The summed E-state index contributed by atoms with van der Waals surface area (Å²) in [5.41, 5.74) is 0. The maximum absolute atomic E-state index is 12.4. The van der Waals surface area contributed by atoms with Gasteiger partial charge in [-0.3, -0.25) is 4.79 Å². The minimum atomic E-state index is -0.119. The summed E-state index contributed by atoms with van der Waals surface area (Å²) < 4.78 is 5.52. The number of hydrogen-bond acceptors (Lipinski definition) is 2. The van der Waals surface area contributed by atoms with Gasteiger partial charge in [-0.05, 0) is 68.4 Å². The fourth-order valence-corrected chi connectivity index (χ4v) is 4.92. The lowest BCUT2D eigenvalue weighted by Crippen LogP contribution is -2.30. The van der Waals surface area contributed by atoms with Gasteiger partial charge in [-0.25, -0.2) is 0 Å². The maximum atomic E-state index is 12.4. The standard InChI is InChI=1S/C21H28Cl2O2/c1-2-14-3-5-15(6-4-14)16-7-9-17(10-8-16)21(24)25-18-11-12-19(22)20(23)13-18/h11-17H,2-10H2,1H3. The molecule has 0 radical (unpaired) electrons. The van der Waals surface area contributed by atoms with Crippen LogP contribution in [-0.2, 0) is 4.79 Å². The zero-order chi connectivity index (χ0) is 17.8. The molecule has 2 saturated carbocycles. The van der Waals surface area contributed by atoms with Crippen LogP contribution in [0.4, 0.5) is 0 Å². The van der Waals surface area contributed by atoms with E-state index in [0.717, 1.165) is 30.6 Å². The monoisotopic (exact) mass is 382 g/mol. The minimum absolute atomic E-state index is 0.0256. The van der Waals surface area contributed by atoms with Crippen LogP contribution >= 0.6 is 23.2 Å². The molecule has 0 spiro atoms. The van der Waals surface area contributed by atoms with Crippen molar-refractivity contribution >= 4 is 29.2 Å². The van der Waals surface area contributed by atoms with Crippen LogP contribution in [0.15, 0.2) is 18.2 Å². The molecule has 2 aliphatic carbocycles. The van der Waals surface area contributed by atoms with Gasteiger partial charge in [-0.2, -0.15) is 0 Å². The molecular weight excluding hydrogens is 355 g/mol. The van der Waals surface area contributed by atoms with E-state index in [1.807, 2.05) is 0 Å². The minimum Gasteiger partial charge on any atom is -0.426 e. The number of esters is 1. The van der Waals surface area contributed by atoms with Crippen molar-refractivity contribution in [2.75, 3.05) is 0 Å². The van der Waals surface area contributed by atoms with Crippen LogP contribution in [0.3, 0.4) is 0 Å². The average Bonchev–Trinajstić information content (AvgIpc) is 2.65. The van der Waals surface area contributed by atoms with Crippen LogP contribution < -0.4 is 4.74 Å². The number of rotatable bonds is 4. The molecule has 1 aromatic carbocycles. The smallest absolute Gasteiger partial charge is 0.314 e. The summed E-state index contributed by atoms with van der Waals surface area (Å²) in [7, 11) is 0. The first-order valence-corrected chi connectivity index (χ1v) is 10.5. The van der Waals surface area contributed by atoms with Crippen LogP contribution in [0.5, 0.6) is 5.75 Å². The maximum Gasteiger partial charge on any atom is 0.314 e. The number of carbonyl (C=O) groups excluding carboxylic acids is 1. The van der Waals surface area contributed by atoms with Gasteiger partial charge in [-0.15, -0.1) is 0 Å². The molecule has 0 bridgehead atoms. The van der Waals surface area contributed by atoms with E-state index in [0.29, 0.717) is 15.8 Å². The van der Waals surface area contributed by atoms with E-state index in [4.69, 9.17) is 27.9 Å². The third kappa shape index (κ3) is 4.92. The molecule has 1 aromatic rings. The Kier molecular flexibility index (Phi) is 6.68. The number of ether oxygens (including phenoxy) is 1. The van der Waals surface area contributed by atoms with Gasteiger partial charge < -0.3 is 4.74 Å². The van der Waals surface area contributed by atoms with Crippen molar-refractivity contribution in [3.05, 3.63) is 28.2 Å². The first kappa shape index (κ1) is 19.0. The van der Waals surface area contributed by atoms with Gasteiger partial charge in [0.25, 0.3) is 0 Å². The normalized spacial score (nSPS) is 30.0. The highest BCUT2D eigenvalue weighted by molar-refractivity contribution is 6.42. The molecule has 25 heavy (non-hydrogen) atoms. The van der Waals surface area contributed by atoms with E-state index in [2.05, 4.69) is 6.92 Å². The molecule has 0 aromatic heterocycles. The average molecular weight is 383 g/mol. The number of halogens is 2. The van der Waals surface area contributed by atoms with Crippen molar-refractivity contribution in [3.8, 4) is 5.75 Å². The Balaban J connectivity index is 1.47. The summed E-state index contributed by atoms with van der Waals surface area (Å²) in [5, 5.41) is 0.887. The van der Waals surface area contributed by atoms with Crippen LogP contribution in [0.1, 0.15) is 64.7 Å². The van der Waals surface area contributed by atoms with Gasteiger partial charge in [0.05, 0.1) is 16.0 Å². The van der Waals surface area contributed by atoms with Gasteiger partial charge in [0.2, 0.25) is 0 Å². The fourth-order valence-electron chi connectivity index (χ4n) is 4.63. The molecular formula is C21H28Cl2O2. The number of carbonyl (C=O) groups is 1. The zero-order valence-corrected chi connectivity index (χ0v) is 16.5. The van der Waals surface area contributed by atoms with Gasteiger partial charge in [0.15, 0.2) is 0 Å². The molecule has 4 heteroatoms. The van der Waals surface area contributed by atoms with Crippen molar-refractivity contribution in [1.29, 1.82) is 0 Å². The van der Waals surface area contributed by atoms with E-state index in [1.54, 1.807) is 18.2 Å². The molecule has 138 valence electrons. The van der Waals surface area contributed by atoms with Gasteiger partial charge in [0.1, 0.15) is 5.75 Å². The molecule has 2 nitrogen and oxygen atoms in total. The first-order valence-electron chi connectivity index (χ1n) is 9.73. The van der Waals surface area contributed by atoms with E-state index in [1.165, 1.54) is 44.9 Å². The highest BCUT2D eigenvalue weighted by Gasteiger charge is 2.33. The second kappa shape index (κ2) is 8.77. The topological polar surface area (TPSA) is 26.3 Å². The Morgan fingerprint density at radius 1 is 0.960 bits per heavy atom. The number of hydrogen-bond donors (Lipinski definition) is 0. The van der Waals surface area contributed by atoms with Crippen molar-refractivity contribution in [3.63, 3.8) is 0 Å². The Hall–Kier alpha value is -0.730. The predicted molar refractivity (Wildman–Crippen MR) is 103 cm³/mol. The summed E-state index contributed by atoms with van der Waals surface area (Å²) in [4.78, 5) is 12.4. The van der Waals surface area contributed by atoms with Crippen LogP contribution in [-0.4, -0.2) is 5.97 Å². The SMILES string of the molecule is CCC1CCC(C2CCC(C(=O)Oc3ccc(Cl)c(Cl)c3)CC2)CC1. The second-order valence-corrected chi connectivity index (χ2v) is 8.61. The quantitative estimate of drug-likeness (QED) is 0.417. The zero-order valence-electron chi connectivity index (χ0n) is 15.0. The third-order valence-corrected chi connectivity index (χ3v) is 7.09. The van der Waals surface area contributed by atoms with Crippen LogP contribution in [0, 0.1) is 23.7 Å². The lowest BCUT2D eigenvalue weighted by molar-refractivity contribution is -0.140. The first-order chi connectivity index (χ1) is 12.1. The van der Waals surface area contributed by atoms with Crippen molar-refractivity contribution in [2.24, 2.45) is 23.7 Å². The van der Waals surface area contributed by atoms with Crippen LogP contribution in [0.2, 0.25) is 10.0 Å². The highest BCUT2D eigenvalue weighted by atomic mass is 35.5. The van der Waals surface area contributed by atoms with Crippen molar-refractivity contribution in [1.82, 2.24) is 0 Å². The largest absolute Gasteiger partial charge is 0.426 e. The summed E-state index contributed by atoms with van der Waals surface area (Å²) in [5.74, 6) is 3.04. The molecule has 0 aliphatic heterocycles. The summed E-state index contributed by atoms with van der Waals surface area (Å²) in [6.45, 7) is 2.32. The van der Waals surface area contributed by atoms with Crippen molar-refractivity contribution in [2.45, 2.75) is 64.7 Å². The lowest BCUT2D eigenvalue weighted by atomic mass is 9.69. The molecule has 0 atom stereocenters. The van der Waals surface area contributed by atoms with E-state index in [9.17, 15) is 4.79 Å².